The molecule has 0 bridgehead atoms. The second kappa shape index (κ2) is 5.38. The highest BCUT2D eigenvalue weighted by molar-refractivity contribution is 6.18. The summed E-state index contributed by atoms with van der Waals surface area (Å²) >= 11 is 0. The zero-order valence-electron chi connectivity index (χ0n) is 10.6. The number of hydrogen-bond acceptors (Lipinski definition) is 5. The number of ether oxygens (including phenoxy) is 1. The van der Waals surface area contributed by atoms with Crippen molar-refractivity contribution in [2.75, 3.05) is 18.1 Å². The van der Waals surface area contributed by atoms with Crippen LogP contribution in [0, 0.1) is 0 Å². The SMILES string of the molecule is CC1Oc2ccc(CCN)cc2N(C(=O)CO)C1=O. The highest BCUT2D eigenvalue weighted by Crippen LogP contribution is 2.35. The van der Waals surface area contributed by atoms with Gasteiger partial charge < -0.3 is 15.6 Å². The van der Waals surface area contributed by atoms with Gasteiger partial charge in [-0.2, -0.15) is 0 Å². The molecule has 0 spiro atoms. The Morgan fingerprint density at radius 2 is 2.26 bits per heavy atom. The molecule has 2 amide bonds. The molecule has 0 saturated heterocycles. The summed E-state index contributed by atoms with van der Waals surface area (Å²) in [6.07, 6.45) is -0.110. The van der Waals surface area contributed by atoms with Crippen LogP contribution in [0.25, 0.3) is 0 Å². The molecule has 102 valence electrons. The molecule has 3 N–H and O–H groups in total. The normalized spacial score (nSPS) is 17.9. The predicted molar refractivity (Wildman–Crippen MR) is 68.9 cm³/mol. The van der Waals surface area contributed by atoms with Gasteiger partial charge in [0, 0.05) is 0 Å². The summed E-state index contributed by atoms with van der Waals surface area (Å²) in [6, 6.07) is 5.25. The van der Waals surface area contributed by atoms with Crippen LogP contribution in [-0.4, -0.2) is 36.2 Å². The van der Waals surface area contributed by atoms with Crippen LogP contribution >= 0.6 is 0 Å². The van der Waals surface area contributed by atoms with E-state index in [4.69, 9.17) is 15.6 Å². The molecule has 1 aliphatic rings. The molecule has 0 aliphatic carbocycles. The smallest absolute Gasteiger partial charge is 0.274 e. The van der Waals surface area contributed by atoms with Crippen molar-refractivity contribution >= 4 is 17.5 Å². The Bertz CT molecular complexity index is 515. The van der Waals surface area contributed by atoms with E-state index in [0.29, 0.717) is 24.4 Å². The standard InChI is InChI=1S/C13H16N2O4/c1-8-13(18)15(12(17)7-16)10-6-9(4-5-14)2-3-11(10)19-8/h2-3,6,8,16H,4-5,7,14H2,1H3. The van der Waals surface area contributed by atoms with Gasteiger partial charge in [-0.05, 0) is 37.6 Å². The summed E-state index contributed by atoms with van der Waals surface area (Å²) in [5.74, 6) is -0.683. The summed E-state index contributed by atoms with van der Waals surface area (Å²) in [5, 5.41) is 8.99. The Labute approximate surface area is 110 Å². The lowest BCUT2D eigenvalue weighted by Gasteiger charge is -2.31. The lowest BCUT2D eigenvalue weighted by Crippen LogP contribution is -2.48. The van der Waals surface area contributed by atoms with Crippen LogP contribution < -0.4 is 15.4 Å². The number of hydrogen-bond donors (Lipinski definition) is 2. The van der Waals surface area contributed by atoms with E-state index in [9.17, 15) is 9.59 Å². The first-order valence-corrected chi connectivity index (χ1v) is 6.05. The van der Waals surface area contributed by atoms with E-state index in [1.807, 2.05) is 6.07 Å². The quantitative estimate of drug-likeness (QED) is 0.790. The minimum atomic E-state index is -0.747. The van der Waals surface area contributed by atoms with E-state index in [-0.39, 0.29) is 0 Å². The van der Waals surface area contributed by atoms with E-state index in [0.717, 1.165) is 10.5 Å². The Balaban J connectivity index is 2.47. The largest absolute Gasteiger partial charge is 0.479 e. The Morgan fingerprint density at radius 3 is 2.89 bits per heavy atom. The fourth-order valence-corrected chi connectivity index (χ4v) is 2.03. The highest BCUT2D eigenvalue weighted by Gasteiger charge is 2.35. The maximum absolute atomic E-state index is 12.0. The topological polar surface area (TPSA) is 92.9 Å². The molecule has 6 nitrogen and oxygen atoms in total. The second-order valence-electron chi connectivity index (χ2n) is 4.33. The molecular weight excluding hydrogens is 248 g/mol. The molecule has 1 unspecified atom stereocenters. The lowest BCUT2D eigenvalue weighted by molar-refractivity contribution is -0.132. The summed E-state index contributed by atoms with van der Waals surface area (Å²) < 4.78 is 5.45. The van der Waals surface area contributed by atoms with Crippen LogP contribution in [0.15, 0.2) is 18.2 Å². The number of amides is 2. The third kappa shape index (κ3) is 2.45. The number of carbonyl (C=O) groups excluding carboxylic acids is 2. The molecule has 1 atom stereocenters. The van der Waals surface area contributed by atoms with Crippen molar-refractivity contribution in [1.29, 1.82) is 0 Å². The molecule has 0 saturated carbocycles. The molecule has 1 aromatic rings. The molecule has 1 heterocycles. The number of benzene rings is 1. The predicted octanol–water partition coefficient (Wildman–Crippen LogP) is -0.179. The first kappa shape index (κ1) is 13.5. The molecule has 1 aromatic carbocycles. The van der Waals surface area contributed by atoms with Gasteiger partial charge in [0.15, 0.2) is 6.10 Å². The van der Waals surface area contributed by atoms with Crippen LogP contribution in [0.2, 0.25) is 0 Å². The fraction of sp³-hybridized carbons (Fsp3) is 0.385. The average Bonchev–Trinajstić information content (AvgIpc) is 2.40. The highest BCUT2D eigenvalue weighted by atomic mass is 16.5. The second-order valence-corrected chi connectivity index (χ2v) is 4.33. The van der Waals surface area contributed by atoms with Crippen molar-refractivity contribution < 1.29 is 19.4 Å². The zero-order chi connectivity index (χ0) is 14.0. The number of rotatable bonds is 3. The third-order valence-corrected chi connectivity index (χ3v) is 2.95. The first-order chi connectivity index (χ1) is 9.08. The van der Waals surface area contributed by atoms with Crippen molar-refractivity contribution in [3.8, 4) is 5.75 Å². The van der Waals surface area contributed by atoms with Gasteiger partial charge in [0.05, 0.1) is 5.69 Å². The van der Waals surface area contributed by atoms with Gasteiger partial charge in [0.25, 0.3) is 11.8 Å². The van der Waals surface area contributed by atoms with Gasteiger partial charge >= 0.3 is 0 Å². The number of imide groups is 1. The van der Waals surface area contributed by atoms with Crippen LogP contribution in [0.1, 0.15) is 12.5 Å². The number of nitrogens with zero attached hydrogens (tertiary/aromatic N) is 1. The van der Waals surface area contributed by atoms with Gasteiger partial charge in [-0.25, -0.2) is 4.90 Å². The van der Waals surface area contributed by atoms with Gasteiger partial charge in [-0.15, -0.1) is 0 Å². The molecule has 19 heavy (non-hydrogen) atoms. The minimum Gasteiger partial charge on any atom is -0.479 e. The molecular formula is C13H16N2O4. The fourth-order valence-electron chi connectivity index (χ4n) is 2.03. The molecule has 6 heteroatoms. The van der Waals surface area contributed by atoms with E-state index in [2.05, 4.69) is 0 Å². The maximum Gasteiger partial charge on any atom is 0.274 e. The number of nitrogens with two attached hydrogens (primary N) is 1. The Morgan fingerprint density at radius 1 is 1.53 bits per heavy atom. The third-order valence-electron chi connectivity index (χ3n) is 2.95. The van der Waals surface area contributed by atoms with Crippen molar-refractivity contribution in [1.82, 2.24) is 0 Å². The van der Waals surface area contributed by atoms with E-state index in [1.165, 1.54) is 0 Å². The summed E-state index contributed by atoms with van der Waals surface area (Å²) in [4.78, 5) is 24.7. The summed E-state index contributed by atoms with van der Waals surface area (Å²) in [7, 11) is 0. The molecule has 2 rings (SSSR count). The van der Waals surface area contributed by atoms with Gasteiger partial charge in [-0.1, -0.05) is 6.07 Å². The molecule has 0 radical (unpaired) electrons. The van der Waals surface area contributed by atoms with E-state index >= 15 is 0 Å². The van der Waals surface area contributed by atoms with Crippen LogP contribution in [0.3, 0.4) is 0 Å². The Kier molecular flexibility index (Phi) is 3.82. The zero-order valence-corrected chi connectivity index (χ0v) is 10.6. The van der Waals surface area contributed by atoms with E-state index < -0.39 is 24.5 Å². The molecule has 0 aromatic heterocycles. The van der Waals surface area contributed by atoms with Crippen LogP contribution in [0.5, 0.6) is 5.75 Å². The summed E-state index contributed by atoms with van der Waals surface area (Å²) in [5.41, 5.74) is 6.76. The molecule has 0 fully saturated rings. The number of fused-ring (bicyclic) bond motifs is 1. The van der Waals surface area contributed by atoms with Crippen molar-refractivity contribution in [3.63, 3.8) is 0 Å². The van der Waals surface area contributed by atoms with Gasteiger partial charge in [0.1, 0.15) is 12.4 Å². The monoisotopic (exact) mass is 264 g/mol. The van der Waals surface area contributed by atoms with Crippen molar-refractivity contribution in [3.05, 3.63) is 23.8 Å². The lowest BCUT2D eigenvalue weighted by atomic mass is 10.1. The number of anilines is 1. The Hall–Kier alpha value is -1.92. The minimum absolute atomic E-state index is 0.369. The number of aliphatic hydroxyl groups excluding tert-OH is 1. The average molecular weight is 264 g/mol. The first-order valence-electron chi connectivity index (χ1n) is 6.05. The maximum atomic E-state index is 12.0. The van der Waals surface area contributed by atoms with E-state index in [1.54, 1.807) is 19.1 Å². The van der Waals surface area contributed by atoms with Gasteiger partial charge in [0.2, 0.25) is 0 Å². The van der Waals surface area contributed by atoms with Crippen molar-refractivity contribution in [2.24, 2.45) is 5.73 Å². The molecule has 1 aliphatic heterocycles. The van der Waals surface area contributed by atoms with Gasteiger partial charge in [-0.3, -0.25) is 9.59 Å². The van der Waals surface area contributed by atoms with Crippen molar-refractivity contribution in [2.45, 2.75) is 19.4 Å². The van der Waals surface area contributed by atoms with Crippen LogP contribution in [-0.2, 0) is 16.0 Å². The summed E-state index contributed by atoms with van der Waals surface area (Å²) in [6.45, 7) is 1.31. The van der Waals surface area contributed by atoms with Crippen LogP contribution in [0.4, 0.5) is 5.69 Å². The number of aliphatic hydroxyl groups is 1. The number of carbonyl (C=O) groups is 2.